The summed E-state index contributed by atoms with van der Waals surface area (Å²) in [5, 5.41) is 5.42. The summed E-state index contributed by atoms with van der Waals surface area (Å²) in [6.07, 6.45) is -0.573. The van der Waals surface area contributed by atoms with Crippen LogP contribution in [0.25, 0.3) is 0 Å². The van der Waals surface area contributed by atoms with E-state index in [2.05, 4.69) is 10.6 Å². The molecule has 122 valence electrons. The van der Waals surface area contributed by atoms with Crippen molar-refractivity contribution >= 4 is 23.2 Å². The topological polar surface area (TPSA) is 76.7 Å². The monoisotopic (exact) mass is 308 g/mol. The Bertz CT molecular complexity index is 529. The molecule has 1 atom stereocenters. The normalized spacial score (nSPS) is 11.9. The molecule has 0 saturated heterocycles. The van der Waals surface area contributed by atoms with Crippen molar-refractivity contribution in [2.45, 2.75) is 33.8 Å². The summed E-state index contributed by atoms with van der Waals surface area (Å²) in [5.74, 6) is 0.418. The van der Waals surface area contributed by atoms with Crippen LogP contribution < -0.4 is 15.4 Å². The van der Waals surface area contributed by atoms with E-state index in [1.165, 1.54) is 14.0 Å². The van der Waals surface area contributed by atoms with Gasteiger partial charge in [-0.1, -0.05) is 13.8 Å². The van der Waals surface area contributed by atoms with Crippen LogP contribution in [0.15, 0.2) is 18.2 Å². The molecule has 0 radical (unpaired) electrons. The molecule has 0 aliphatic rings. The Morgan fingerprint density at radius 2 is 1.86 bits per heavy atom. The molecule has 0 aliphatic heterocycles. The number of hydrogen-bond acceptors (Lipinski definition) is 4. The van der Waals surface area contributed by atoms with E-state index < -0.39 is 6.10 Å². The van der Waals surface area contributed by atoms with Crippen LogP contribution in [0.1, 0.15) is 27.7 Å². The molecule has 1 aromatic carbocycles. The molecule has 1 aromatic rings. The number of ether oxygens (including phenoxy) is 2. The Morgan fingerprint density at radius 1 is 1.18 bits per heavy atom. The van der Waals surface area contributed by atoms with Crippen LogP contribution in [0.4, 0.5) is 11.4 Å². The Kier molecular flexibility index (Phi) is 6.85. The van der Waals surface area contributed by atoms with E-state index in [-0.39, 0.29) is 11.8 Å². The van der Waals surface area contributed by atoms with Gasteiger partial charge in [0.2, 0.25) is 5.91 Å². The van der Waals surface area contributed by atoms with Crippen molar-refractivity contribution in [3.63, 3.8) is 0 Å². The van der Waals surface area contributed by atoms with Gasteiger partial charge in [0.1, 0.15) is 11.9 Å². The van der Waals surface area contributed by atoms with Crippen molar-refractivity contribution in [2.24, 2.45) is 5.92 Å². The number of anilines is 2. The van der Waals surface area contributed by atoms with Crippen LogP contribution in [0.3, 0.4) is 0 Å². The smallest absolute Gasteiger partial charge is 0.253 e. The summed E-state index contributed by atoms with van der Waals surface area (Å²) < 4.78 is 10.7. The predicted octanol–water partition coefficient (Wildman–Crippen LogP) is 2.65. The maximum absolute atomic E-state index is 12.1. The second kappa shape index (κ2) is 8.38. The zero-order chi connectivity index (χ0) is 16.7. The quantitative estimate of drug-likeness (QED) is 0.812. The van der Waals surface area contributed by atoms with Crippen molar-refractivity contribution in [3.8, 4) is 5.75 Å². The van der Waals surface area contributed by atoms with Crippen molar-refractivity contribution in [1.82, 2.24) is 0 Å². The third-order valence-corrected chi connectivity index (χ3v) is 2.83. The van der Waals surface area contributed by atoms with Crippen molar-refractivity contribution in [1.29, 1.82) is 0 Å². The lowest BCUT2D eigenvalue weighted by Gasteiger charge is -2.17. The van der Waals surface area contributed by atoms with Gasteiger partial charge in [0, 0.05) is 19.2 Å². The first kappa shape index (κ1) is 18.0. The van der Waals surface area contributed by atoms with Gasteiger partial charge < -0.3 is 20.1 Å². The molecule has 0 bridgehead atoms. The van der Waals surface area contributed by atoms with E-state index in [0.29, 0.717) is 29.6 Å². The minimum atomic E-state index is -0.573. The van der Waals surface area contributed by atoms with Gasteiger partial charge in [-0.2, -0.15) is 0 Å². The number of amides is 2. The molecule has 1 rings (SSSR count). The second-order valence-corrected chi connectivity index (χ2v) is 5.45. The molecule has 0 heterocycles. The lowest BCUT2D eigenvalue weighted by Crippen LogP contribution is -2.29. The summed E-state index contributed by atoms with van der Waals surface area (Å²) in [7, 11) is 1.52. The highest BCUT2D eigenvalue weighted by Crippen LogP contribution is 2.28. The largest absolute Gasteiger partial charge is 0.495 e. The molecule has 2 N–H and O–H groups in total. The first-order valence-electron chi connectivity index (χ1n) is 7.21. The van der Waals surface area contributed by atoms with Crippen LogP contribution >= 0.6 is 0 Å². The molecule has 0 spiro atoms. The van der Waals surface area contributed by atoms with Gasteiger partial charge in [-0.15, -0.1) is 0 Å². The highest BCUT2D eigenvalue weighted by molar-refractivity contribution is 5.97. The van der Waals surface area contributed by atoms with Crippen molar-refractivity contribution < 1.29 is 19.1 Å². The van der Waals surface area contributed by atoms with Gasteiger partial charge in [0.25, 0.3) is 5.91 Å². The average molecular weight is 308 g/mol. The van der Waals surface area contributed by atoms with Crippen LogP contribution in [0.5, 0.6) is 5.75 Å². The minimum Gasteiger partial charge on any atom is -0.495 e. The molecule has 6 heteroatoms. The van der Waals surface area contributed by atoms with E-state index in [0.717, 1.165) is 0 Å². The lowest BCUT2D eigenvalue weighted by atomic mass is 10.2. The Labute approximate surface area is 131 Å². The first-order valence-corrected chi connectivity index (χ1v) is 7.21. The van der Waals surface area contributed by atoms with Crippen LogP contribution in [-0.2, 0) is 14.3 Å². The number of rotatable bonds is 7. The molecule has 0 fully saturated rings. The number of benzene rings is 1. The zero-order valence-corrected chi connectivity index (χ0v) is 13.7. The number of carbonyl (C=O) groups is 2. The second-order valence-electron chi connectivity index (χ2n) is 5.45. The third-order valence-electron chi connectivity index (χ3n) is 2.83. The van der Waals surface area contributed by atoms with Crippen molar-refractivity contribution in [2.75, 3.05) is 24.4 Å². The number of carbonyl (C=O) groups excluding carboxylic acids is 2. The highest BCUT2D eigenvalue weighted by Gasteiger charge is 2.16. The lowest BCUT2D eigenvalue weighted by molar-refractivity contribution is -0.127. The van der Waals surface area contributed by atoms with Gasteiger partial charge >= 0.3 is 0 Å². The minimum absolute atomic E-state index is 0.184. The van der Waals surface area contributed by atoms with Crippen molar-refractivity contribution in [3.05, 3.63) is 18.2 Å². The van der Waals surface area contributed by atoms with Gasteiger partial charge in [-0.25, -0.2) is 0 Å². The molecule has 0 saturated carbocycles. The average Bonchev–Trinajstić information content (AvgIpc) is 2.44. The van der Waals surface area contributed by atoms with Gasteiger partial charge in [-0.05, 0) is 31.0 Å². The van der Waals surface area contributed by atoms with Gasteiger partial charge in [-0.3, -0.25) is 9.59 Å². The Balaban J connectivity index is 2.81. The van der Waals surface area contributed by atoms with E-state index in [9.17, 15) is 9.59 Å². The third kappa shape index (κ3) is 5.73. The van der Waals surface area contributed by atoms with E-state index in [4.69, 9.17) is 9.47 Å². The SMILES string of the molecule is COc1ccc(NC(C)=O)cc1NC(=O)[C@@H](C)OCC(C)C. The fraction of sp³-hybridized carbons (Fsp3) is 0.500. The van der Waals surface area contributed by atoms with Crippen LogP contribution in [-0.4, -0.2) is 31.6 Å². The number of hydrogen-bond donors (Lipinski definition) is 2. The van der Waals surface area contributed by atoms with E-state index >= 15 is 0 Å². The zero-order valence-electron chi connectivity index (χ0n) is 13.7. The molecule has 0 unspecified atom stereocenters. The van der Waals surface area contributed by atoms with Gasteiger partial charge in [0.15, 0.2) is 0 Å². The fourth-order valence-electron chi connectivity index (χ4n) is 1.73. The Hall–Kier alpha value is -2.08. The molecular formula is C16H24N2O4. The fourth-order valence-corrected chi connectivity index (χ4v) is 1.73. The maximum Gasteiger partial charge on any atom is 0.253 e. The first-order chi connectivity index (χ1) is 10.3. The summed E-state index contributed by atoms with van der Waals surface area (Å²) in [6, 6.07) is 5.03. The molecule has 2 amide bonds. The maximum atomic E-state index is 12.1. The highest BCUT2D eigenvalue weighted by atomic mass is 16.5. The van der Waals surface area contributed by atoms with E-state index in [1.807, 2.05) is 13.8 Å². The summed E-state index contributed by atoms with van der Waals surface area (Å²) in [6.45, 7) is 7.67. The standard InChI is InChI=1S/C16H24N2O4/c1-10(2)9-22-11(3)16(20)18-14-8-13(17-12(4)19)6-7-15(14)21-5/h6-8,10-11H,9H2,1-5H3,(H,17,19)(H,18,20)/t11-/m1/s1. The van der Waals surface area contributed by atoms with Gasteiger partial charge in [0.05, 0.1) is 12.8 Å². The van der Waals surface area contributed by atoms with Crippen LogP contribution in [0, 0.1) is 5.92 Å². The summed E-state index contributed by atoms with van der Waals surface area (Å²) in [4.78, 5) is 23.3. The number of methoxy groups -OCH3 is 1. The summed E-state index contributed by atoms with van der Waals surface area (Å²) in [5.41, 5.74) is 1.07. The molecular weight excluding hydrogens is 284 g/mol. The molecule has 6 nitrogen and oxygen atoms in total. The van der Waals surface area contributed by atoms with E-state index in [1.54, 1.807) is 25.1 Å². The molecule has 22 heavy (non-hydrogen) atoms. The van der Waals surface area contributed by atoms with Crippen LogP contribution in [0.2, 0.25) is 0 Å². The number of nitrogens with one attached hydrogen (secondary N) is 2. The molecule has 0 aliphatic carbocycles. The molecule has 0 aromatic heterocycles. The summed E-state index contributed by atoms with van der Waals surface area (Å²) >= 11 is 0. The predicted molar refractivity (Wildman–Crippen MR) is 86.2 cm³/mol. The Morgan fingerprint density at radius 3 is 2.41 bits per heavy atom.